The lowest BCUT2D eigenvalue weighted by Crippen LogP contribution is -2.22. The fraction of sp³-hybridized carbons (Fsp3) is 0.971. The molecule has 0 N–H and O–H groups in total. The number of carbonyl (C=O) groups is 1. The van der Waals surface area contributed by atoms with Gasteiger partial charge < -0.3 is 4.79 Å². The molecule has 1 heteroatoms. The molecule has 0 aliphatic heterocycles. The normalized spacial score (nSPS) is 159. The molecular weight excluding hydrogens is 424 g/mol. The summed E-state index contributed by atoms with van der Waals surface area (Å²) >= 11 is 0. The first kappa shape index (κ1) is 10.0. The van der Waals surface area contributed by atoms with E-state index >= 15 is 0 Å². The molecule has 0 amide bonds. The van der Waals surface area contributed by atoms with Gasteiger partial charge in [0.25, 0.3) is 0 Å². The van der Waals surface area contributed by atoms with Gasteiger partial charge in [-0.15, -0.1) is 0 Å². The van der Waals surface area contributed by atoms with Crippen LogP contribution in [0.5, 0.6) is 0 Å². The third-order valence-corrected chi connectivity index (χ3v) is 31.3. The van der Waals surface area contributed by atoms with Crippen molar-refractivity contribution >= 4 is 5.78 Å². The van der Waals surface area contributed by atoms with Crippen LogP contribution in [0.2, 0.25) is 0 Å². The van der Waals surface area contributed by atoms with Crippen LogP contribution in [0.15, 0.2) is 0 Å². The first-order valence-corrected chi connectivity index (χ1v) is 16.8. The maximum atomic E-state index is 11.8. The largest absolute Gasteiger partial charge is 0.300 e. The summed E-state index contributed by atoms with van der Waals surface area (Å²) in [4.78, 5) is 11.8. The van der Waals surface area contributed by atoms with Crippen molar-refractivity contribution in [3.05, 3.63) is 0 Å². The molecule has 0 radical (unpaired) electrons. The van der Waals surface area contributed by atoms with Gasteiger partial charge in [-0.1, -0.05) is 0 Å². The highest BCUT2D eigenvalue weighted by Crippen LogP contribution is 3.98. The van der Waals surface area contributed by atoms with Crippen LogP contribution in [-0.2, 0) is 4.79 Å². The maximum Gasteiger partial charge on any atom is 0.130 e. The summed E-state index contributed by atoms with van der Waals surface area (Å²) in [6.07, 6.45) is 2.75. The molecule has 35 heavy (non-hydrogen) atoms. The molecule has 30 atom stereocenters. The smallest absolute Gasteiger partial charge is 0.130 e. The lowest BCUT2D eigenvalue weighted by atomic mass is 9.79. The maximum absolute atomic E-state index is 11.8. The standard InChI is InChI=1S/C34H10O/c1-4(35)2-5-7-9(5)11(7)13(9)15(11)17(13)19(15)21(17)23(19)25(21)27(23)29(25)31(27)33(29)32-28-24-20-16-12-8-3-6(8)10(8,12)14(12,16)18(16,20)22(20,24)26(24,28)30(28,32)34(31,32)33/h5-7H,2-3H2,1H3. The number of rotatable bonds is 2. The van der Waals surface area contributed by atoms with Gasteiger partial charge in [0.2, 0.25) is 0 Å². The summed E-state index contributed by atoms with van der Waals surface area (Å²) in [5.74, 6) is 3.95. The highest BCUT2D eigenvalue weighted by atomic mass is 16.1. The van der Waals surface area contributed by atoms with Crippen LogP contribution in [0.4, 0.5) is 0 Å². The Morgan fingerprint density at radius 3 is 1.37 bits per heavy atom. The van der Waals surface area contributed by atoms with Crippen LogP contribution < -0.4 is 0 Å². The number of Topliss-reactive ketones (excluding diaryl/α,β-unsaturated/α-hetero) is 1. The average molecular weight is 434 g/mol. The minimum absolute atomic E-state index is 0.514. The Morgan fingerprint density at radius 2 is 0.943 bits per heavy atom. The lowest BCUT2D eigenvalue weighted by Gasteiger charge is -2.22. The van der Waals surface area contributed by atoms with Gasteiger partial charge in [-0.3, -0.25) is 0 Å². The van der Waals surface area contributed by atoms with Crippen molar-refractivity contribution in [2.24, 2.45) is 164 Å². The minimum Gasteiger partial charge on any atom is -0.300 e. The lowest BCUT2D eigenvalue weighted by molar-refractivity contribution is -0.117. The molecule has 0 aromatic rings. The number of ketones is 1. The molecule has 29 aliphatic carbocycles. The van der Waals surface area contributed by atoms with E-state index in [1.807, 2.05) is 6.92 Å². The molecule has 30 unspecified atom stereocenters. The van der Waals surface area contributed by atoms with Gasteiger partial charge in [0.05, 0.1) is 0 Å². The first-order valence-electron chi connectivity index (χ1n) is 16.8. The summed E-state index contributed by atoms with van der Waals surface area (Å²) in [6.45, 7) is 1.88. The van der Waals surface area contributed by atoms with Crippen LogP contribution in [0, 0.1) is 164 Å². The second-order valence-electron chi connectivity index (χ2n) is 23.5. The summed E-state index contributed by atoms with van der Waals surface area (Å²) in [5.41, 5.74) is 31.0. The van der Waals surface area contributed by atoms with Gasteiger partial charge in [0.15, 0.2) is 0 Å². The minimum atomic E-state index is 0.514. The summed E-state index contributed by atoms with van der Waals surface area (Å²) < 4.78 is 0. The Morgan fingerprint density at radius 1 is 0.543 bits per heavy atom. The monoisotopic (exact) mass is 434 g/mol. The van der Waals surface area contributed by atoms with E-state index in [9.17, 15) is 4.79 Å². The fourth-order valence-electron chi connectivity index (χ4n) is 38.0. The summed E-state index contributed by atoms with van der Waals surface area (Å²) in [5, 5.41) is 0. The van der Waals surface area contributed by atoms with Crippen LogP contribution in [0.1, 0.15) is 19.8 Å². The molecule has 27 spiro atoms. The molecule has 29 aliphatic rings. The Hall–Kier alpha value is -0.330. The van der Waals surface area contributed by atoms with Crippen LogP contribution in [0.25, 0.3) is 0 Å². The first-order chi connectivity index (χ1) is 17.3. The van der Waals surface area contributed by atoms with Crippen molar-refractivity contribution in [1.29, 1.82) is 0 Å². The number of hydrogen-bond donors (Lipinski definition) is 0. The second-order valence-corrected chi connectivity index (χ2v) is 23.5. The molecule has 0 heterocycles. The highest BCUT2D eigenvalue weighted by Gasteiger charge is 3.98. The quantitative estimate of drug-likeness (QED) is 0.639. The van der Waals surface area contributed by atoms with Crippen LogP contribution >= 0.6 is 0 Å². The predicted octanol–water partition coefficient (Wildman–Crippen LogP) is 1.23. The highest BCUT2D eigenvalue weighted by molar-refractivity contribution is 6.41. The van der Waals surface area contributed by atoms with Gasteiger partial charge in [0, 0.05) is 6.42 Å². The van der Waals surface area contributed by atoms with Crippen LogP contribution in [0.3, 0.4) is 0 Å². The van der Waals surface area contributed by atoms with Crippen LogP contribution in [-0.4, -0.2) is 5.78 Å². The van der Waals surface area contributed by atoms with Crippen molar-refractivity contribution in [3.8, 4) is 0 Å². The van der Waals surface area contributed by atoms with E-state index in [-0.39, 0.29) is 0 Å². The van der Waals surface area contributed by atoms with E-state index < -0.39 is 0 Å². The third kappa shape index (κ3) is 0.172. The Balaban J connectivity index is 0.654. The van der Waals surface area contributed by atoms with Gasteiger partial charge >= 0.3 is 0 Å². The van der Waals surface area contributed by atoms with Crippen molar-refractivity contribution in [2.45, 2.75) is 19.8 Å². The molecular formula is C34H10O. The Kier molecular flexibility index (Phi) is 0.333. The molecule has 0 aromatic heterocycles. The van der Waals surface area contributed by atoms with E-state index in [2.05, 4.69) is 0 Å². The van der Waals surface area contributed by atoms with Crippen molar-refractivity contribution in [3.63, 3.8) is 0 Å². The van der Waals surface area contributed by atoms with Crippen molar-refractivity contribution < 1.29 is 4.79 Å². The zero-order valence-corrected chi connectivity index (χ0v) is 18.6. The molecule has 1 nitrogen and oxygen atoms in total. The van der Waals surface area contributed by atoms with Crippen molar-refractivity contribution in [1.82, 2.24) is 0 Å². The zero-order valence-electron chi connectivity index (χ0n) is 18.6. The van der Waals surface area contributed by atoms with Crippen molar-refractivity contribution in [2.75, 3.05) is 0 Å². The molecule has 152 valence electrons. The number of carbonyl (C=O) groups excluding carboxylic acids is 1. The molecule has 0 bridgehead atoms. The zero-order chi connectivity index (χ0) is 19.2. The molecule has 0 saturated heterocycles. The summed E-state index contributed by atoms with van der Waals surface area (Å²) in [6, 6.07) is 0. The van der Waals surface area contributed by atoms with Gasteiger partial charge in [0.1, 0.15) is 5.78 Å². The Bertz CT molecular complexity index is 2670. The van der Waals surface area contributed by atoms with E-state index in [1.165, 1.54) is 98.0 Å². The number of hydrogen-bond acceptors (Lipinski definition) is 1. The second kappa shape index (κ2) is 1.16. The van der Waals surface area contributed by atoms with E-state index in [1.54, 1.807) is 6.42 Å². The van der Waals surface area contributed by atoms with E-state index in [0.29, 0.717) is 5.78 Å². The fourth-order valence-corrected chi connectivity index (χ4v) is 38.0. The summed E-state index contributed by atoms with van der Waals surface area (Å²) in [7, 11) is 0. The topological polar surface area (TPSA) is 17.1 Å². The average Bonchev–Trinajstić information content (AvgIpc) is 3.47. The molecule has 0 aromatic carbocycles. The van der Waals surface area contributed by atoms with Gasteiger partial charge in [-0.2, -0.15) is 0 Å². The predicted molar refractivity (Wildman–Crippen MR) is 96.1 cm³/mol. The van der Waals surface area contributed by atoms with E-state index in [0.717, 1.165) is 72.4 Å². The molecule has 29 saturated carbocycles. The van der Waals surface area contributed by atoms with Gasteiger partial charge in [-0.25, -0.2) is 0 Å². The third-order valence-electron chi connectivity index (χ3n) is 31.3. The van der Waals surface area contributed by atoms with E-state index in [4.69, 9.17) is 0 Å². The Labute approximate surface area is 194 Å². The van der Waals surface area contributed by atoms with Gasteiger partial charge in [-0.05, 0) is 177 Å². The SMILES string of the molecule is CC(=O)CC1C2C13C21C32C13C21C32C13C21C32C13C21C32C13C14C56C78C9%10C%11%12C%13%14C%15%16CC%15C%16%13C%14%11C%129C%107C85C61C243. The molecule has 29 fully saturated rings. The molecule has 29 rings (SSSR count).